The van der Waals surface area contributed by atoms with Crippen LogP contribution in [-0.4, -0.2) is 42.5 Å². The third-order valence-electron chi connectivity index (χ3n) is 2.47. The summed E-state index contributed by atoms with van der Waals surface area (Å²) in [5.74, 6) is 2.33. The van der Waals surface area contributed by atoms with Crippen molar-refractivity contribution in [1.82, 2.24) is 9.97 Å². The van der Waals surface area contributed by atoms with Crippen molar-refractivity contribution in [3.8, 4) is 0 Å². The van der Waals surface area contributed by atoms with Crippen LogP contribution < -0.4 is 10.6 Å². The fourth-order valence-corrected chi connectivity index (χ4v) is 1.97. The predicted molar refractivity (Wildman–Crippen MR) is 86.7 cm³/mol. The van der Waals surface area contributed by atoms with Gasteiger partial charge in [0.15, 0.2) is 5.16 Å². The maximum atomic E-state index is 5.55. The Morgan fingerprint density at radius 3 is 2.55 bits per heavy atom. The Morgan fingerprint density at radius 2 is 1.95 bits per heavy atom. The summed E-state index contributed by atoms with van der Waals surface area (Å²) in [6.07, 6.45) is 2.95. The zero-order valence-corrected chi connectivity index (χ0v) is 13.7. The van der Waals surface area contributed by atoms with Crippen molar-refractivity contribution >= 4 is 23.4 Å². The molecule has 0 aliphatic rings. The Kier molecular flexibility index (Phi) is 8.37. The molecule has 0 aromatic carbocycles. The normalized spacial score (nSPS) is 10.8. The minimum atomic E-state index is 0.594. The number of hydrogen-bond acceptors (Lipinski definition) is 6. The van der Waals surface area contributed by atoms with Crippen LogP contribution in [0.2, 0.25) is 0 Å². The van der Waals surface area contributed by atoms with Gasteiger partial charge in [-0.2, -0.15) is 0 Å². The van der Waals surface area contributed by atoms with E-state index in [1.807, 2.05) is 12.3 Å². The van der Waals surface area contributed by atoms with E-state index >= 15 is 0 Å². The third-order valence-corrected chi connectivity index (χ3v) is 3.02. The molecule has 0 aliphatic heterocycles. The number of anilines is 2. The highest BCUT2D eigenvalue weighted by atomic mass is 32.2. The van der Waals surface area contributed by atoms with Crippen LogP contribution >= 0.6 is 11.8 Å². The molecule has 0 spiro atoms. The van der Waals surface area contributed by atoms with Crippen molar-refractivity contribution in [2.24, 2.45) is 5.92 Å². The predicted octanol–water partition coefficient (Wildman–Crippen LogP) is 3.10. The van der Waals surface area contributed by atoms with Crippen LogP contribution in [0.1, 0.15) is 27.2 Å². The van der Waals surface area contributed by atoms with Crippen molar-refractivity contribution in [3.63, 3.8) is 0 Å². The van der Waals surface area contributed by atoms with Crippen LogP contribution in [0.4, 0.5) is 11.6 Å². The maximum absolute atomic E-state index is 5.55. The van der Waals surface area contributed by atoms with Gasteiger partial charge in [0.05, 0.1) is 0 Å². The molecule has 1 rings (SSSR count). The molecule has 1 heterocycles. The first-order valence-corrected chi connectivity index (χ1v) is 8.36. The van der Waals surface area contributed by atoms with Gasteiger partial charge in [0.1, 0.15) is 11.6 Å². The van der Waals surface area contributed by atoms with E-state index in [2.05, 4.69) is 41.4 Å². The van der Waals surface area contributed by atoms with Crippen molar-refractivity contribution < 1.29 is 4.74 Å². The summed E-state index contributed by atoms with van der Waals surface area (Å²) >= 11 is 1.55. The molecule has 5 nitrogen and oxygen atoms in total. The molecular formula is C14H26N4OS. The first-order valence-electron chi connectivity index (χ1n) is 7.14. The lowest BCUT2D eigenvalue weighted by atomic mass is 10.2. The SMILES string of the molecule is CCNc1cc(NCCCOCC(C)C)nc(SC)n1. The molecule has 0 atom stereocenters. The van der Waals surface area contributed by atoms with Crippen LogP contribution in [0.15, 0.2) is 11.2 Å². The molecule has 6 heteroatoms. The van der Waals surface area contributed by atoms with E-state index in [9.17, 15) is 0 Å². The van der Waals surface area contributed by atoms with Gasteiger partial charge in [-0.05, 0) is 25.5 Å². The Balaban J connectivity index is 2.36. The average molecular weight is 298 g/mol. The number of thioether (sulfide) groups is 1. The Morgan fingerprint density at radius 1 is 1.25 bits per heavy atom. The second-order valence-electron chi connectivity index (χ2n) is 4.90. The van der Waals surface area contributed by atoms with Crippen molar-refractivity contribution in [3.05, 3.63) is 6.07 Å². The highest BCUT2D eigenvalue weighted by molar-refractivity contribution is 7.98. The summed E-state index contributed by atoms with van der Waals surface area (Å²) < 4.78 is 5.55. The monoisotopic (exact) mass is 298 g/mol. The second kappa shape index (κ2) is 9.83. The zero-order chi connectivity index (χ0) is 14.8. The number of nitrogens with zero attached hydrogens (tertiary/aromatic N) is 2. The van der Waals surface area contributed by atoms with Crippen LogP contribution in [0.3, 0.4) is 0 Å². The lowest BCUT2D eigenvalue weighted by Crippen LogP contribution is -2.10. The minimum absolute atomic E-state index is 0.594. The lowest BCUT2D eigenvalue weighted by molar-refractivity contribution is 0.110. The van der Waals surface area contributed by atoms with Gasteiger partial charge in [0.2, 0.25) is 0 Å². The van der Waals surface area contributed by atoms with Gasteiger partial charge in [-0.3, -0.25) is 0 Å². The molecule has 0 aliphatic carbocycles. The second-order valence-corrected chi connectivity index (χ2v) is 5.68. The summed E-state index contributed by atoms with van der Waals surface area (Å²) in [6.45, 7) is 9.69. The zero-order valence-electron chi connectivity index (χ0n) is 12.9. The smallest absolute Gasteiger partial charge is 0.191 e. The van der Waals surface area contributed by atoms with Gasteiger partial charge in [0.25, 0.3) is 0 Å². The number of nitrogens with one attached hydrogen (secondary N) is 2. The molecule has 0 amide bonds. The summed E-state index contributed by atoms with van der Waals surface area (Å²) in [6, 6.07) is 1.94. The number of rotatable bonds is 10. The molecule has 0 saturated heterocycles. The topological polar surface area (TPSA) is 59.1 Å². The van der Waals surface area contributed by atoms with Gasteiger partial charge < -0.3 is 15.4 Å². The molecule has 0 bridgehead atoms. The van der Waals surface area contributed by atoms with E-state index in [4.69, 9.17) is 4.74 Å². The standard InChI is InChI=1S/C14H26N4OS/c1-5-15-12-9-13(18-14(17-12)20-4)16-7-6-8-19-10-11(2)3/h9,11H,5-8,10H2,1-4H3,(H2,15,16,17,18). The van der Waals surface area contributed by atoms with E-state index in [0.717, 1.165) is 49.5 Å². The number of aromatic nitrogens is 2. The molecule has 0 unspecified atom stereocenters. The van der Waals surface area contributed by atoms with Crippen molar-refractivity contribution in [1.29, 1.82) is 0 Å². The van der Waals surface area contributed by atoms with Gasteiger partial charge in [-0.25, -0.2) is 9.97 Å². The van der Waals surface area contributed by atoms with Gasteiger partial charge in [-0.1, -0.05) is 25.6 Å². The highest BCUT2D eigenvalue weighted by Crippen LogP contribution is 2.17. The van der Waals surface area contributed by atoms with Crippen LogP contribution in [-0.2, 0) is 4.74 Å². The quantitative estimate of drug-likeness (QED) is 0.393. The van der Waals surface area contributed by atoms with Crippen LogP contribution in [0.5, 0.6) is 0 Å². The van der Waals surface area contributed by atoms with Gasteiger partial charge in [-0.15, -0.1) is 0 Å². The molecule has 1 aromatic heterocycles. The molecule has 0 saturated carbocycles. The molecule has 114 valence electrons. The summed E-state index contributed by atoms with van der Waals surface area (Å²) in [5.41, 5.74) is 0. The Labute approximate surface area is 126 Å². The van der Waals surface area contributed by atoms with E-state index in [0.29, 0.717) is 5.92 Å². The summed E-state index contributed by atoms with van der Waals surface area (Å²) in [4.78, 5) is 8.83. The number of ether oxygens (including phenoxy) is 1. The van der Waals surface area contributed by atoms with Crippen LogP contribution in [0.25, 0.3) is 0 Å². The maximum Gasteiger partial charge on any atom is 0.191 e. The van der Waals surface area contributed by atoms with Gasteiger partial charge in [0, 0.05) is 32.4 Å². The fraction of sp³-hybridized carbons (Fsp3) is 0.714. The average Bonchev–Trinajstić information content (AvgIpc) is 2.42. The van der Waals surface area contributed by atoms with Gasteiger partial charge >= 0.3 is 0 Å². The molecular weight excluding hydrogens is 272 g/mol. The van der Waals surface area contributed by atoms with E-state index < -0.39 is 0 Å². The largest absolute Gasteiger partial charge is 0.381 e. The molecule has 20 heavy (non-hydrogen) atoms. The highest BCUT2D eigenvalue weighted by Gasteiger charge is 2.03. The Hall–Kier alpha value is -1.01. The third kappa shape index (κ3) is 6.96. The number of hydrogen-bond donors (Lipinski definition) is 2. The molecule has 0 fully saturated rings. The fourth-order valence-electron chi connectivity index (χ4n) is 1.59. The lowest BCUT2D eigenvalue weighted by Gasteiger charge is -2.10. The summed E-state index contributed by atoms with van der Waals surface area (Å²) in [7, 11) is 0. The van der Waals surface area contributed by atoms with Crippen molar-refractivity contribution in [2.75, 3.05) is 43.2 Å². The van der Waals surface area contributed by atoms with E-state index in [1.165, 1.54) is 0 Å². The molecule has 2 N–H and O–H groups in total. The first-order chi connectivity index (χ1) is 9.65. The Bertz CT molecular complexity index is 387. The van der Waals surface area contributed by atoms with E-state index in [1.54, 1.807) is 11.8 Å². The molecule has 0 radical (unpaired) electrons. The van der Waals surface area contributed by atoms with E-state index in [-0.39, 0.29) is 0 Å². The first kappa shape index (κ1) is 17.0. The molecule has 1 aromatic rings. The summed E-state index contributed by atoms with van der Waals surface area (Å²) in [5, 5.41) is 7.32. The van der Waals surface area contributed by atoms with Crippen molar-refractivity contribution in [2.45, 2.75) is 32.3 Å². The minimum Gasteiger partial charge on any atom is -0.381 e. The van der Waals surface area contributed by atoms with Crippen LogP contribution in [0, 0.1) is 5.92 Å².